The molecule has 8 heavy (non-hydrogen) atoms. The molecule has 1 rings (SSSR count). The Morgan fingerprint density at radius 3 is 2.88 bits per heavy atom. The molecule has 0 atom stereocenters. The Hall–Kier alpha value is -1.03. The Morgan fingerprint density at radius 2 is 2.62 bits per heavy atom. The molecule has 0 amide bonds. The quantitative estimate of drug-likeness (QED) is 0.517. The second-order valence-corrected chi connectivity index (χ2v) is 1.34. The zero-order chi connectivity index (χ0) is 5.98. The van der Waals surface area contributed by atoms with Crippen LogP contribution < -0.4 is 10.8 Å². The van der Waals surface area contributed by atoms with Crippen LogP contribution >= 0.6 is 0 Å². The Labute approximate surface area is 45.9 Å². The first-order valence-electron chi connectivity index (χ1n) is 2.15. The SMILES string of the molecule is NCc1cc([O-])no1. The summed E-state index contributed by atoms with van der Waals surface area (Å²) < 4.78 is 4.43. The maximum Gasteiger partial charge on any atom is 0.149 e. The summed E-state index contributed by atoms with van der Waals surface area (Å²) in [6, 6.07) is 1.26. The van der Waals surface area contributed by atoms with Gasteiger partial charge in [0.15, 0.2) is 0 Å². The van der Waals surface area contributed by atoms with E-state index in [4.69, 9.17) is 5.73 Å². The molecular weight excluding hydrogens is 108 g/mol. The lowest BCUT2D eigenvalue weighted by molar-refractivity contribution is -0.277. The van der Waals surface area contributed by atoms with Crippen LogP contribution in [-0.4, -0.2) is 5.16 Å². The van der Waals surface area contributed by atoms with Crippen molar-refractivity contribution in [3.8, 4) is 5.88 Å². The first-order valence-corrected chi connectivity index (χ1v) is 2.15. The van der Waals surface area contributed by atoms with E-state index >= 15 is 0 Å². The summed E-state index contributed by atoms with van der Waals surface area (Å²) in [5.74, 6) is 0.0560. The summed E-state index contributed by atoms with van der Waals surface area (Å²) in [6.07, 6.45) is 0. The number of rotatable bonds is 1. The average molecular weight is 113 g/mol. The first kappa shape index (κ1) is 5.11. The normalized spacial score (nSPS) is 9.62. The van der Waals surface area contributed by atoms with Crippen LogP contribution in [0.3, 0.4) is 0 Å². The fourth-order valence-electron chi connectivity index (χ4n) is 0.390. The zero-order valence-corrected chi connectivity index (χ0v) is 4.13. The molecular formula is C4H5N2O2-. The summed E-state index contributed by atoms with van der Waals surface area (Å²) in [6.45, 7) is 0.231. The molecule has 0 aliphatic carbocycles. The number of nitrogens with zero attached hydrogens (tertiary/aromatic N) is 1. The van der Waals surface area contributed by atoms with E-state index in [9.17, 15) is 5.11 Å². The van der Waals surface area contributed by atoms with Crippen LogP contribution in [0.4, 0.5) is 0 Å². The van der Waals surface area contributed by atoms with Crippen LogP contribution in [0.5, 0.6) is 5.88 Å². The Morgan fingerprint density at radius 1 is 1.88 bits per heavy atom. The van der Waals surface area contributed by atoms with Gasteiger partial charge in [-0.25, -0.2) is 0 Å². The van der Waals surface area contributed by atoms with Crippen LogP contribution in [-0.2, 0) is 6.54 Å². The van der Waals surface area contributed by atoms with E-state index in [1.165, 1.54) is 6.07 Å². The monoisotopic (exact) mass is 113 g/mol. The molecule has 1 heterocycles. The second kappa shape index (κ2) is 1.83. The predicted octanol–water partition coefficient (Wildman–Crippen LogP) is -0.793. The zero-order valence-electron chi connectivity index (χ0n) is 4.13. The van der Waals surface area contributed by atoms with Gasteiger partial charge in [0.25, 0.3) is 0 Å². The van der Waals surface area contributed by atoms with Crippen LogP contribution in [0.15, 0.2) is 10.6 Å². The summed E-state index contributed by atoms with van der Waals surface area (Å²) >= 11 is 0. The van der Waals surface area contributed by atoms with Crippen molar-refractivity contribution in [1.29, 1.82) is 0 Å². The largest absolute Gasteiger partial charge is 0.856 e. The van der Waals surface area contributed by atoms with Crippen molar-refractivity contribution in [3.05, 3.63) is 11.8 Å². The number of nitrogens with two attached hydrogens (primary N) is 1. The smallest absolute Gasteiger partial charge is 0.149 e. The Bertz CT molecular complexity index is 172. The third-order valence-corrected chi connectivity index (χ3v) is 0.739. The van der Waals surface area contributed by atoms with Crippen molar-refractivity contribution >= 4 is 0 Å². The lowest BCUT2D eigenvalue weighted by Crippen LogP contribution is -1.93. The van der Waals surface area contributed by atoms with Crippen molar-refractivity contribution in [1.82, 2.24) is 5.16 Å². The molecule has 0 aliphatic heterocycles. The van der Waals surface area contributed by atoms with E-state index in [1.807, 2.05) is 0 Å². The molecule has 1 aromatic rings. The van der Waals surface area contributed by atoms with Gasteiger partial charge in [-0.05, 0) is 6.07 Å². The Balaban J connectivity index is 2.84. The van der Waals surface area contributed by atoms with E-state index in [0.29, 0.717) is 5.76 Å². The number of hydrogen-bond donors (Lipinski definition) is 1. The molecule has 0 unspecified atom stereocenters. The van der Waals surface area contributed by atoms with Crippen LogP contribution in [0.1, 0.15) is 5.76 Å². The molecule has 0 spiro atoms. The van der Waals surface area contributed by atoms with Crippen LogP contribution in [0.25, 0.3) is 0 Å². The fraction of sp³-hybridized carbons (Fsp3) is 0.250. The Kier molecular flexibility index (Phi) is 1.17. The highest BCUT2D eigenvalue weighted by Gasteiger charge is 1.90. The highest BCUT2D eigenvalue weighted by molar-refractivity contribution is 5.06. The summed E-state index contributed by atoms with van der Waals surface area (Å²) in [5.41, 5.74) is 5.09. The lowest BCUT2D eigenvalue weighted by atomic mass is 10.5. The van der Waals surface area contributed by atoms with Crippen LogP contribution in [0, 0.1) is 0 Å². The van der Waals surface area contributed by atoms with Gasteiger partial charge in [0.2, 0.25) is 0 Å². The standard InChI is InChI=1S/C4H6N2O2/c5-2-3-1-4(7)6-8-3/h1H,2,5H2,(H,6,7)/p-1. The molecule has 4 nitrogen and oxygen atoms in total. The van der Waals surface area contributed by atoms with E-state index in [0.717, 1.165) is 0 Å². The van der Waals surface area contributed by atoms with E-state index in [1.54, 1.807) is 0 Å². The molecule has 4 heteroatoms. The third kappa shape index (κ3) is 0.788. The van der Waals surface area contributed by atoms with E-state index in [-0.39, 0.29) is 12.4 Å². The minimum atomic E-state index is -0.370. The van der Waals surface area contributed by atoms with Gasteiger partial charge in [0.05, 0.1) is 6.54 Å². The predicted molar refractivity (Wildman–Crippen MR) is 23.8 cm³/mol. The van der Waals surface area contributed by atoms with Gasteiger partial charge in [-0.2, -0.15) is 0 Å². The first-order chi connectivity index (χ1) is 3.83. The molecule has 44 valence electrons. The number of aromatic nitrogens is 1. The minimum Gasteiger partial charge on any atom is -0.856 e. The van der Waals surface area contributed by atoms with Crippen molar-refractivity contribution in [2.75, 3.05) is 0 Å². The summed E-state index contributed by atoms with van der Waals surface area (Å²) in [4.78, 5) is 0. The highest BCUT2D eigenvalue weighted by atomic mass is 16.5. The van der Waals surface area contributed by atoms with Gasteiger partial charge in [-0.3, -0.25) is 0 Å². The molecule has 0 aromatic carbocycles. The molecule has 1 aromatic heterocycles. The van der Waals surface area contributed by atoms with Gasteiger partial charge in [-0.1, -0.05) is 5.16 Å². The van der Waals surface area contributed by atoms with Crippen molar-refractivity contribution in [2.24, 2.45) is 5.73 Å². The maximum atomic E-state index is 10.2. The highest BCUT2D eigenvalue weighted by Crippen LogP contribution is 2.03. The van der Waals surface area contributed by atoms with Crippen molar-refractivity contribution < 1.29 is 9.63 Å². The van der Waals surface area contributed by atoms with Gasteiger partial charge >= 0.3 is 0 Å². The molecule has 0 bridgehead atoms. The minimum absolute atomic E-state index is 0.231. The lowest BCUT2D eigenvalue weighted by Gasteiger charge is -1.86. The van der Waals surface area contributed by atoms with Gasteiger partial charge < -0.3 is 15.4 Å². The molecule has 0 aliphatic rings. The second-order valence-electron chi connectivity index (χ2n) is 1.34. The topological polar surface area (TPSA) is 75.1 Å². The third-order valence-electron chi connectivity index (χ3n) is 0.739. The van der Waals surface area contributed by atoms with Crippen LogP contribution in [0.2, 0.25) is 0 Å². The van der Waals surface area contributed by atoms with Gasteiger partial charge in [0.1, 0.15) is 5.76 Å². The number of hydrogen-bond acceptors (Lipinski definition) is 4. The fourth-order valence-corrected chi connectivity index (χ4v) is 0.390. The van der Waals surface area contributed by atoms with Gasteiger partial charge in [0, 0.05) is 5.88 Å². The average Bonchev–Trinajstić information content (AvgIpc) is 2.14. The summed E-state index contributed by atoms with van der Waals surface area (Å²) in [7, 11) is 0. The molecule has 0 fully saturated rings. The van der Waals surface area contributed by atoms with Crippen molar-refractivity contribution in [2.45, 2.75) is 6.54 Å². The van der Waals surface area contributed by atoms with Crippen molar-refractivity contribution in [3.63, 3.8) is 0 Å². The molecule has 0 saturated heterocycles. The molecule has 0 radical (unpaired) electrons. The molecule has 2 N–H and O–H groups in total. The van der Waals surface area contributed by atoms with E-state index < -0.39 is 0 Å². The molecule has 0 saturated carbocycles. The maximum absolute atomic E-state index is 10.2. The van der Waals surface area contributed by atoms with E-state index in [2.05, 4.69) is 9.68 Å². The summed E-state index contributed by atoms with van der Waals surface area (Å²) in [5, 5.41) is 13.3. The van der Waals surface area contributed by atoms with Gasteiger partial charge in [-0.15, -0.1) is 0 Å².